The predicted molar refractivity (Wildman–Crippen MR) is 89.4 cm³/mol. The summed E-state index contributed by atoms with van der Waals surface area (Å²) >= 11 is 0. The van der Waals surface area contributed by atoms with E-state index in [-0.39, 0.29) is 11.3 Å². The monoisotopic (exact) mass is 300 g/mol. The zero-order valence-corrected chi connectivity index (χ0v) is 14.0. The molecule has 0 bridgehead atoms. The van der Waals surface area contributed by atoms with Gasteiger partial charge in [-0.2, -0.15) is 0 Å². The number of piperidine rings is 1. The van der Waals surface area contributed by atoms with Crippen molar-refractivity contribution in [2.45, 2.75) is 33.1 Å². The summed E-state index contributed by atoms with van der Waals surface area (Å²) in [6, 6.07) is 8.54. The molecular formula is C19H28N2O. The molecule has 1 saturated carbocycles. The fourth-order valence-electron chi connectivity index (χ4n) is 4.51. The summed E-state index contributed by atoms with van der Waals surface area (Å²) in [5, 5.41) is 0. The highest BCUT2D eigenvalue weighted by atomic mass is 16.1. The first-order valence-corrected chi connectivity index (χ1v) is 8.46. The summed E-state index contributed by atoms with van der Waals surface area (Å²) in [6.45, 7) is 6.70. The largest absolute Gasteiger partial charge is 0.369 e. The van der Waals surface area contributed by atoms with Gasteiger partial charge in [-0.05, 0) is 63.1 Å². The van der Waals surface area contributed by atoms with Crippen LogP contribution in [0, 0.1) is 30.1 Å². The van der Waals surface area contributed by atoms with E-state index in [9.17, 15) is 4.79 Å². The van der Waals surface area contributed by atoms with Crippen molar-refractivity contribution >= 4 is 5.91 Å². The standard InChI is InChI=1S/C19H28N2O/c1-13-4-6-15(7-5-13)10-19(18(20)22)11-17(19)16-8-9-21(3)12-14(16)2/h4-7,14,16-17H,8-12H2,1-3H3,(H2,20,22)/t14-,16-,17?,19?/m1/s1. The lowest BCUT2D eigenvalue weighted by Crippen LogP contribution is -2.40. The Balaban J connectivity index is 1.75. The third-order valence-electron chi connectivity index (χ3n) is 5.96. The van der Waals surface area contributed by atoms with Crippen molar-refractivity contribution in [1.82, 2.24) is 4.90 Å². The van der Waals surface area contributed by atoms with Gasteiger partial charge in [0.1, 0.15) is 0 Å². The van der Waals surface area contributed by atoms with E-state index < -0.39 is 0 Å². The molecule has 1 aromatic rings. The third kappa shape index (κ3) is 2.79. The molecule has 2 fully saturated rings. The van der Waals surface area contributed by atoms with E-state index in [0.717, 1.165) is 25.9 Å². The van der Waals surface area contributed by atoms with Gasteiger partial charge < -0.3 is 10.6 Å². The Labute approximate surface area is 133 Å². The van der Waals surface area contributed by atoms with Crippen LogP contribution in [-0.2, 0) is 11.2 Å². The minimum atomic E-state index is -0.288. The van der Waals surface area contributed by atoms with Gasteiger partial charge in [-0.3, -0.25) is 4.79 Å². The Bertz CT molecular complexity index is 553. The van der Waals surface area contributed by atoms with E-state index in [1.165, 1.54) is 17.5 Å². The third-order valence-corrected chi connectivity index (χ3v) is 5.96. The molecule has 1 aliphatic carbocycles. The number of likely N-dealkylation sites (tertiary alicyclic amines) is 1. The molecule has 2 aliphatic rings. The number of carbonyl (C=O) groups is 1. The molecule has 1 aromatic carbocycles. The molecule has 22 heavy (non-hydrogen) atoms. The molecule has 3 heteroatoms. The minimum absolute atomic E-state index is 0.0933. The summed E-state index contributed by atoms with van der Waals surface area (Å²) in [5.74, 6) is 1.69. The number of hydrogen-bond acceptors (Lipinski definition) is 2. The molecule has 1 saturated heterocycles. The van der Waals surface area contributed by atoms with Gasteiger partial charge in [-0.25, -0.2) is 0 Å². The van der Waals surface area contributed by atoms with Gasteiger partial charge in [0.2, 0.25) is 5.91 Å². The minimum Gasteiger partial charge on any atom is -0.369 e. The molecule has 0 aromatic heterocycles. The molecule has 1 heterocycles. The maximum Gasteiger partial charge on any atom is 0.224 e. The lowest BCUT2D eigenvalue weighted by atomic mass is 9.78. The first kappa shape index (κ1) is 15.5. The summed E-state index contributed by atoms with van der Waals surface area (Å²) in [7, 11) is 2.19. The number of primary amides is 1. The molecule has 2 N–H and O–H groups in total. The number of amides is 1. The van der Waals surface area contributed by atoms with Gasteiger partial charge in [-0.1, -0.05) is 36.8 Å². The second-order valence-corrected chi connectivity index (χ2v) is 7.69. The fraction of sp³-hybridized carbons (Fsp3) is 0.632. The molecule has 3 nitrogen and oxygen atoms in total. The molecule has 0 spiro atoms. The van der Waals surface area contributed by atoms with Gasteiger partial charge in [0.15, 0.2) is 0 Å². The highest BCUT2D eigenvalue weighted by Crippen LogP contribution is 2.61. The van der Waals surface area contributed by atoms with Crippen molar-refractivity contribution < 1.29 is 4.79 Å². The molecule has 1 amide bonds. The first-order valence-electron chi connectivity index (χ1n) is 8.46. The Hall–Kier alpha value is -1.35. The van der Waals surface area contributed by atoms with Crippen molar-refractivity contribution in [1.29, 1.82) is 0 Å². The number of hydrogen-bond donors (Lipinski definition) is 1. The van der Waals surface area contributed by atoms with Crippen LogP contribution in [0.2, 0.25) is 0 Å². The van der Waals surface area contributed by atoms with Crippen LogP contribution >= 0.6 is 0 Å². The van der Waals surface area contributed by atoms with Gasteiger partial charge in [0.05, 0.1) is 5.41 Å². The van der Waals surface area contributed by atoms with Crippen LogP contribution in [0.1, 0.15) is 30.9 Å². The fourth-order valence-corrected chi connectivity index (χ4v) is 4.51. The maximum atomic E-state index is 12.2. The van der Waals surface area contributed by atoms with Crippen LogP contribution < -0.4 is 5.73 Å². The average molecular weight is 300 g/mol. The predicted octanol–water partition coefficient (Wildman–Crippen LogP) is 2.62. The normalized spacial score (nSPS) is 35.3. The Morgan fingerprint density at radius 1 is 1.36 bits per heavy atom. The molecule has 3 rings (SSSR count). The topological polar surface area (TPSA) is 46.3 Å². The van der Waals surface area contributed by atoms with Gasteiger partial charge in [0, 0.05) is 6.54 Å². The van der Waals surface area contributed by atoms with E-state index in [1.807, 2.05) is 0 Å². The molecular weight excluding hydrogens is 272 g/mol. The number of benzene rings is 1. The maximum absolute atomic E-state index is 12.2. The van der Waals surface area contributed by atoms with Gasteiger partial charge in [0.25, 0.3) is 0 Å². The van der Waals surface area contributed by atoms with E-state index >= 15 is 0 Å². The number of nitrogens with zero attached hydrogens (tertiary/aromatic N) is 1. The van der Waals surface area contributed by atoms with Crippen LogP contribution in [-0.4, -0.2) is 30.9 Å². The second-order valence-electron chi connectivity index (χ2n) is 7.69. The summed E-state index contributed by atoms with van der Waals surface area (Å²) < 4.78 is 0. The van der Waals surface area contributed by atoms with Crippen LogP contribution in [0.4, 0.5) is 0 Å². The summed E-state index contributed by atoms with van der Waals surface area (Å²) in [5.41, 5.74) is 8.04. The van der Waals surface area contributed by atoms with Crippen LogP contribution in [0.5, 0.6) is 0 Å². The van der Waals surface area contributed by atoms with Crippen molar-refractivity contribution in [2.24, 2.45) is 28.9 Å². The lowest BCUT2D eigenvalue weighted by molar-refractivity contribution is -0.124. The second kappa shape index (κ2) is 5.69. The first-order chi connectivity index (χ1) is 10.4. The highest BCUT2D eigenvalue weighted by Gasteiger charge is 2.62. The van der Waals surface area contributed by atoms with E-state index in [1.54, 1.807) is 0 Å². The molecule has 1 aliphatic heterocycles. The number of carbonyl (C=O) groups excluding carboxylic acids is 1. The smallest absolute Gasteiger partial charge is 0.224 e. The van der Waals surface area contributed by atoms with Crippen LogP contribution in [0.15, 0.2) is 24.3 Å². The van der Waals surface area contributed by atoms with Crippen molar-refractivity contribution in [2.75, 3.05) is 20.1 Å². The molecule has 2 unspecified atom stereocenters. The zero-order valence-electron chi connectivity index (χ0n) is 14.0. The van der Waals surface area contributed by atoms with Crippen molar-refractivity contribution in [3.05, 3.63) is 35.4 Å². The van der Waals surface area contributed by atoms with Gasteiger partial charge >= 0.3 is 0 Å². The quantitative estimate of drug-likeness (QED) is 0.929. The lowest BCUT2D eigenvalue weighted by Gasteiger charge is -2.36. The van der Waals surface area contributed by atoms with Crippen molar-refractivity contribution in [3.8, 4) is 0 Å². The molecule has 4 atom stereocenters. The van der Waals surface area contributed by atoms with E-state index in [2.05, 4.69) is 50.1 Å². The Morgan fingerprint density at radius 2 is 2.05 bits per heavy atom. The molecule has 120 valence electrons. The number of nitrogens with two attached hydrogens (primary N) is 1. The Morgan fingerprint density at radius 3 is 2.64 bits per heavy atom. The zero-order chi connectivity index (χ0) is 15.9. The molecule has 0 radical (unpaired) electrons. The highest BCUT2D eigenvalue weighted by molar-refractivity contribution is 5.84. The number of rotatable bonds is 4. The SMILES string of the molecule is Cc1ccc(CC2(C(N)=O)CC2[C@@H]2CCN(C)C[C@H]2C)cc1. The summed E-state index contributed by atoms with van der Waals surface area (Å²) in [6.07, 6.45) is 2.99. The van der Waals surface area contributed by atoms with E-state index in [4.69, 9.17) is 5.73 Å². The number of aryl methyl sites for hydroxylation is 1. The summed E-state index contributed by atoms with van der Waals surface area (Å²) in [4.78, 5) is 14.6. The van der Waals surface area contributed by atoms with Gasteiger partial charge in [-0.15, -0.1) is 0 Å². The van der Waals surface area contributed by atoms with E-state index in [0.29, 0.717) is 17.8 Å². The van der Waals surface area contributed by atoms with Crippen molar-refractivity contribution in [3.63, 3.8) is 0 Å². The average Bonchev–Trinajstić information content (AvgIpc) is 3.17. The Kier molecular flexibility index (Phi) is 4.02. The van der Waals surface area contributed by atoms with Crippen LogP contribution in [0.25, 0.3) is 0 Å². The van der Waals surface area contributed by atoms with Crippen LogP contribution in [0.3, 0.4) is 0 Å².